The molecule has 0 aliphatic heterocycles. The summed E-state index contributed by atoms with van der Waals surface area (Å²) in [7, 11) is 0. The fourth-order valence-electron chi connectivity index (χ4n) is 1.41. The van der Waals surface area contributed by atoms with Crippen molar-refractivity contribution in [3.8, 4) is 0 Å². The number of carbonyl (C=O) groups is 1. The Labute approximate surface area is 121 Å². The Hall–Kier alpha value is -1.66. The van der Waals surface area contributed by atoms with E-state index < -0.39 is 11.7 Å². The summed E-state index contributed by atoms with van der Waals surface area (Å²) in [6, 6.07) is 5.62. The van der Waals surface area contributed by atoms with E-state index in [-0.39, 0.29) is 16.4 Å². The molecule has 0 saturated heterocycles. The maximum absolute atomic E-state index is 13.2. The number of hydrogen-bond acceptors (Lipinski definition) is 3. The zero-order chi connectivity index (χ0) is 14.0. The van der Waals surface area contributed by atoms with E-state index >= 15 is 0 Å². The van der Waals surface area contributed by atoms with Crippen molar-refractivity contribution in [2.24, 2.45) is 0 Å². The minimum Gasteiger partial charge on any atom is -0.396 e. The van der Waals surface area contributed by atoms with E-state index in [1.54, 1.807) is 12.1 Å². The maximum atomic E-state index is 13.2. The number of aromatic nitrogens is 1. The molecule has 0 spiro atoms. The van der Waals surface area contributed by atoms with E-state index in [2.05, 4.69) is 26.2 Å². The third kappa shape index (κ3) is 3.02. The number of nitrogen functional groups attached to an aromatic ring is 1. The molecule has 98 valence electrons. The van der Waals surface area contributed by atoms with Crippen LogP contribution < -0.4 is 11.1 Å². The highest BCUT2D eigenvalue weighted by molar-refractivity contribution is 9.10. The molecule has 19 heavy (non-hydrogen) atoms. The second-order valence-corrected chi connectivity index (χ2v) is 4.86. The Morgan fingerprint density at radius 1 is 1.47 bits per heavy atom. The van der Waals surface area contributed by atoms with Gasteiger partial charge in [0.2, 0.25) is 0 Å². The fraction of sp³-hybridized carbons (Fsp3) is 0. The van der Waals surface area contributed by atoms with Crippen molar-refractivity contribution in [1.29, 1.82) is 0 Å². The quantitative estimate of drug-likeness (QED) is 0.647. The van der Waals surface area contributed by atoms with Crippen LogP contribution in [0.15, 0.2) is 34.9 Å². The zero-order valence-corrected chi connectivity index (χ0v) is 11.8. The van der Waals surface area contributed by atoms with Gasteiger partial charge in [-0.1, -0.05) is 11.6 Å². The van der Waals surface area contributed by atoms with Gasteiger partial charge < -0.3 is 11.1 Å². The molecule has 0 unspecified atom stereocenters. The van der Waals surface area contributed by atoms with Crippen molar-refractivity contribution >= 4 is 44.8 Å². The van der Waals surface area contributed by atoms with Crippen molar-refractivity contribution in [2.75, 3.05) is 11.1 Å². The number of nitrogens with zero attached hydrogens (tertiary/aromatic N) is 1. The summed E-state index contributed by atoms with van der Waals surface area (Å²) in [5.41, 5.74) is 5.90. The fourth-order valence-corrected chi connectivity index (χ4v) is 2.07. The largest absolute Gasteiger partial charge is 0.396 e. The Bertz CT molecular complexity index is 651. The van der Waals surface area contributed by atoms with Crippen LogP contribution in [-0.4, -0.2) is 10.9 Å². The lowest BCUT2D eigenvalue weighted by Crippen LogP contribution is -2.14. The SMILES string of the molecule is Nc1cc(C(=O)Nc2cccnc2Cl)c(Br)cc1F. The van der Waals surface area contributed by atoms with Crippen LogP contribution in [0, 0.1) is 5.82 Å². The van der Waals surface area contributed by atoms with Crippen LogP contribution in [0.2, 0.25) is 5.15 Å². The summed E-state index contributed by atoms with van der Waals surface area (Å²) >= 11 is 8.94. The molecule has 0 saturated carbocycles. The third-order valence-corrected chi connectivity index (χ3v) is 3.30. The molecule has 0 aliphatic carbocycles. The zero-order valence-electron chi connectivity index (χ0n) is 9.45. The van der Waals surface area contributed by atoms with Crippen LogP contribution in [0.3, 0.4) is 0 Å². The molecule has 2 aromatic rings. The molecule has 1 aromatic carbocycles. The first-order valence-electron chi connectivity index (χ1n) is 5.15. The smallest absolute Gasteiger partial charge is 0.256 e. The van der Waals surface area contributed by atoms with Gasteiger partial charge in [0.1, 0.15) is 5.82 Å². The van der Waals surface area contributed by atoms with Gasteiger partial charge >= 0.3 is 0 Å². The van der Waals surface area contributed by atoms with E-state index in [1.165, 1.54) is 12.3 Å². The van der Waals surface area contributed by atoms with Crippen LogP contribution in [0.4, 0.5) is 15.8 Å². The summed E-state index contributed by atoms with van der Waals surface area (Å²) < 4.78 is 13.5. The normalized spacial score (nSPS) is 10.3. The summed E-state index contributed by atoms with van der Waals surface area (Å²) in [6.07, 6.45) is 1.50. The van der Waals surface area contributed by atoms with Crippen molar-refractivity contribution < 1.29 is 9.18 Å². The second kappa shape index (κ2) is 5.54. The number of hydrogen-bond donors (Lipinski definition) is 2. The molecule has 1 aromatic heterocycles. The molecular formula is C12H8BrClFN3O. The van der Waals surface area contributed by atoms with E-state index in [0.717, 1.165) is 6.07 Å². The van der Waals surface area contributed by atoms with Crippen LogP contribution >= 0.6 is 27.5 Å². The first-order valence-corrected chi connectivity index (χ1v) is 6.32. The monoisotopic (exact) mass is 343 g/mol. The first kappa shape index (κ1) is 13.8. The lowest BCUT2D eigenvalue weighted by Gasteiger charge is -2.09. The molecule has 1 heterocycles. The summed E-state index contributed by atoms with van der Waals surface area (Å²) in [6.45, 7) is 0. The van der Waals surface area contributed by atoms with Gasteiger partial charge in [0, 0.05) is 10.7 Å². The van der Waals surface area contributed by atoms with Gasteiger partial charge in [-0.05, 0) is 40.2 Å². The minimum absolute atomic E-state index is 0.106. The van der Waals surface area contributed by atoms with Gasteiger partial charge in [0.05, 0.1) is 16.9 Å². The summed E-state index contributed by atoms with van der Waals surface area (Å²) in [5, 5.41) is 2.74. The van der Waals surface area contributed by atoms with Crippen LogP contribution in [0.5, 0.6) is 0 Å². The van der Waals surface area contributed by atoms with Crippen LogP contribution in [-0.2, 0) is 0 Å². The Morgan fingerprint density at radius 3 is 2.89 bits per heavy atom. The number of rotatable bonds is 2. The highest BCUT2D eigenvalue weighted by Crippen LogP contribution is 2.25. The van der Waals surface area contributed by atoms with Crippen molar-refractivity contribution in [1.82, 2.24) is 4.98 Å². The molecule has 0 atom stereocenters. The number of nitrogens with one attached hydrogen (secondary N) is 1. The average Bonchev–Trinajstić information content (AvgIpc) is 2.36. The maximum Gasteiger partial charge on any atom is 0.256 e. The second-order valence-electron chi connectivity index (χ2n) is 3.65. The molecular weight excluding hydrogens is 337 g/mol. The Morgan fingerprint density at radius 2 is 2.21 bits per heavy atom. The van der Waals surface area contributed by atoms with Crippen LogP contribution in [0.25, 0.3) is 0 Å². The van der Waals surface area contributed by atoms with Gasteiger partial charge in [-0.15, -0.1) is 0 Å². The number of benzene rings is 1. The van der Waals surface area contributed by atoms with Crippen molar-refractivity contribution in [2.45, 2.75) is 0 Å². The molecule has 7 heteroatoms. The number of carbonyl (C=O) groups excluding carboxylic acids is 1. The topological polar surface area (TPSA) is 68.0 Å². The molecule has 0 aliphatic rings. The lowest BCUT2D eigenvalue weighted by molar-refractivity contribution is 0.102. The third-order valence-electron chi connectivity index (χ3n) is 2.34. The van der Waals surface area contributed by atoms with Gasteiger partial charge in [0.15, 0.2) is 5.15 Å². The number of pyridine rings is 1. The lowest BCUT2D eigenvalue weighted by atomic mass is 10.2. The van der Waals surface area contributed by atoms with Gasteiger partial charge in [-0.25, -0.2) is 9.37 Å². The number of halogens is 3. The summed E-state index contributed by atoms with van der Waals surface area (Å²) in [5.74, 6) is -1.06. The molecule has 0 bridgehead atoms. The average molecular weight is 345 g/mol. The van der Waals surface area contributed by atoms with Gasteiger partial charge in [-0.3, -0.25) is 4.79 Å². The van der Waals surface area contributed by atoms with Gasteiger partial charge in [0.25, 0.3) is 5.91 Å². The van der Waals surface area contributed by atoms with E-state index in [9.17, 15) is 9.18 Å². The van der Waals surface area contributed by atoms with Crippen molar-refractivity contribution in [3.63, 3.8) is 0 Å². The standard InChI is InChI=1S/C12H8BrClFN3O/c13-7-5-8(15)9(16)4-6(7)12(19)18-10-2-1-3-17-11(10)14/h1-5H,16H2,(H,18,19). The van der Waals surface area contributed by atoms with Crippen molar-refractivity contribution in [3.05, 3.63) is 51.5 Å². The first-order chi connectivity index (χ1) is 8.99. The predicted molar refractivity (Wildman–Crippen MR) is 75.7 cm³/mol. The molecule has 2 rings (SSSR count). The highest BCUT2D eigenvalue weighted by atomic mass is 79.9. The highest BCUT2D eigenvalue weighted by Gasteiger charge is 2.14. The molecule has 0 fully saturated rings. The Balaban J connectivity index is 2.31. The van der Waals surface area contributed by atoms with E-state index in [0.29, 0.717) is 10.2 Å². The van der Waals surface area contributed by atoms with E-state index in [4.69, 9.17) is 17.3 Å². The Kier molecular flexibility index (Phi) is 4.01. The molecule has 1 amide bonds. The number of nitrogens with two attached hydrogens (primary N) is 1. The van der Waals surface area contributed by atoms with Crippen LogP contribution in [0.1, 0.15) is 10.4 Å². The number of anilines is 2. The minimum atomic E-state index is -0.595. The van der Waals surface area contributed by atoms with E-state index in [1.807, 2.05) is 0 Å². The summed E-state index contributed by atoms with van der Waals surface area (Å²) in [4.78, 5) is 15.9. The molecule has 0 radical (unpaired) electrons. The molecule has 4 nitrogen and oxygen atoms in total. The molecule has 3 N–H and O–H groups in total. The van der Waals surface area contributed by atoms with Gasteiger partial charge in [-0.2, -0.15) is 0 Å². The predicted octanol–water partition coefficient (Wildman–Crippen LogP) is 3.47. The number of amides is 1.